The van der Waals surface area contributed by atoms with E-state index < -0.39 is 12.0 Å². The number of carboxylic acid groups (broad SMARTS) is 1. The lowest BCUT2D eigenvalue weighted by Gasteiger charge is -2.20. The number of ether oxygens (including phenoxy) is 1. The first-order valence-corrected chi connectivity index (χ1v) is 5.29. The van der Waals surface area contributed by atoms with Gasteiger partial charge in [0.1, 0.15) is 5.82 Å². The summed E-state index contributed by atoms with van der Waals surface area (Å²) in [5, 5.41) is 8.75. The predicted molar refractivity (Wildman–Crippen MR) is 55.9 cm³/mol. The summed E-state index contributed by atoms with van der Waals surface area (Å²) in [6.07, 6.45) is 3.54. The van der Waals surface area contributed by atoms with Crippen molar-refractivity contribution < 1.29 is 14.6 Å². The lowest BCUT2D eigenvalue weighted by Crippen LogP contribution is -2.22. The fourth-order valence-electron chi connectivity index (χ4n) is 1.84. The van der Waals surface area contributed by atoms with Crippen LogP contribution in [0.1, 0.15) is 36.3 Å². The number of imidazole rings is 1. The number of nitrogens with two attached hydrogens (primary N) is 1. The Morgan fingerprint density at radius 2 is 2.31 bits per heavy atom. The molecule has 0 amide bonds. The Hall–Kier alpha value is -1.40. The molecular formula is C10H15N3O3. The minimum Gasteiger partial charge on any atom is -0.480 e. The van der Waals surface area contributed by atoms with Gasteiger partial charge in [-0.1, -0.05) is 0 Å². The fraction of sp³-hybridized carbons (Fsp3) is 0.600. The zero-order valence-corrected chi connectivity index (χ0v) is 8.85. The molecule has 16 heavy (non-hydrogen) atoms. The van der Waals surface area contributed by atoms with E-state index >= 15 is 0 Å². The molecule has 0 radical (unpaired) electrons. The lowest BCUT2D eigenvalue weighted by atomic mass is 9.97. The molecule has 1 aromatic heterocycles. The quantitative estimate of drug-likeness (QED) is 0.690. The van der Waals surface area contributed by atoms with Crippen LogP contribution >= 0.6 is 0 Å². The molecule has 1 fully saturated rings. The number of aliphatic carboxylic acids is 1. The second-order valence-electron chi connectivity index (χ2n) is 3.93. The largest absolute Gasteiger partial charge is 0.480 e. The number of rotatable bonds is 3. The summed E-state index contributed by atoms with van der Waals surface area (Å²) in [5.41, 5.74) is 6.42. The van der Waals surface area contributed by atoms with Crippen LogP contribution in [0.3, 0.4) is 0 Å². The number of nitrogens with one attached hydrogen (secondary N) is 1. The van der Waals surface area contributed by atoms with Crippen LogP contribution in [0.25, 0.3) is 0 Å². The molecule has 0 aliphatic carbocycles. The molecule has 1 unspecified atom stereocenters. The summed E-state index contributed by atoms with van der Waals surface area (Å²) in [4.78, 5) is 17.7. The van der Waals surface area contributed by atoms with Gasteiger partial charge in [-0.2, -0.15) is 0 Å². The van der Waals surface area contributed by atoms with E-state index in [0.717, 1.165) is 31.7 Å². The summed E-state index contributed by atoms with van der Waals surface area (Å²) < 4.78 is 5.26. The van der Waals surface area contributed by atoms with Crippen LogP contribution in [0.5, 0.6) is 0 Å². The second-order valence-corrected chi connectivity index (χ2v) is 3.93. The highest BCUT2D eigenvalue weighted by Gasteiger charge is 2.22. The Morgan fingerprint density at radius 1 is 1.62 bits per heavy atom. The monoisotopic (exact) mass is 225 g/mol. The zero-order chi connectivity index (χ0) is 11.5. The zero-order valence-electron chi connectivity index (χ0n) is 8.85. The van der Waals surface area contributed by atoms with E-state index in [1.807, 2.05) is 0 Å². The molecule has 6 heteroatoms. The van der Waals surface area contributed by atoms with E-state index in [1.165, 1.54) is 0 Å². The Morgan fingerprint density at radius 3 is 2.94 bits per heavy atom. The number of carbonyl (C=O) groups is 1. The first-order valence-electron chi connectivity index (χ1n) is 5.29. The third-order valence-electron chi connectivity index (χ3n) is 2.84. The number of carboxylic acids is 1. The van der Waals surface area contributed by atoms with Gasteiger partial charge in [0.25, 0.3) is 0 Å². The van der Waals surface area contributed by atoms with Gasteiger partial charge in [0.15, 0.2) is 6.04 Å². The molecule has 1 saturated heterocycles. The van der Waals surface area contributed by atoms with Gasteiger partial charge in [-0.15, -0.1) is 0 Å². The molecule has 88 valence electrons. The van der Waals surface area contributed by atoms with Crippen molar-refractivity contribution in [2.24, 2.45) is 5.73 Å². The summed E-state index contributed by atoms with van der Waals surface area (Å²) in [7, 11) is 0. The predicted octanol–water partition coefficient (Wildman–Crippen LogP) is 0.388. The minimum absolute atomic E-state index is 0.314. The van der Waals surface area contributed by atoms with E-state index in [9.17, 15) is 4.79 Å². The summed E-state index contributed by atoms with van der Waals surface area (Å²) in [6, 6.07) is -1.08. The van der Waals surface area contributed by atoms with Crippen molar-refractivity contribution >= 4 is 5.97 Å². The van der Waals surface area contributed by atoms with Gasteiger partial charge in [-0.3, -0.25) is 4.79 Å². The van der Waals surface area contributed by atoms with Gasteiger partial charge >= 0.3 is 5.97 Å². The highest BCUT2D eigenvalue weighted by Crippen LogP contribution is 2.25. The average molecular weight is 225 g/mol. The van der Waals surface area contributed by atoms with Gasteiger partial charge in [0, 0.05) is 31.0 Å². The summed E-state index contributed by atoms with van der Waals surface area (Å²) >= 11 is 0. The third-order valence-corrected chi connectivity index (χ3v) is 2.84. The number of nitrogens with zero attached hydrogens (tertiary/aromatic N) is 1. The van der Waals surface area contributed by atoms with E-state index in [-0.39, 0.29) is 0 Å². The van der Waals surface area contributed by atoms with Crippen LogP contribution in [0.15, 0.2) is 6.20 Å². The molecule has 0 aromatic carbocycles. The van der Waals surface area contributed by atoms with E-state index in [1.54, 1.807) is 6.20 Å². The number of hydrogen-bond acceptors (Lipinski definition) is 4. The molecule has 1 aliphatic heterocycles. The van der Waals surface area contributed by atoms with Crippen molar-refractivity contribution in [1.29, 1.82) is 0 Å². The number of H-pyrrole nitrogens is 1. The summed E-state index contributed by atoms with van der Waals surface area (Å²) in [5.74, 6) is -0.391. The van der Waals surface area contributed by atoms with Crippen molar-refractivity contribution in [1.82, 2.24) is 9.97 Å². The third kappa shape index (κ3) is 2.23. The lowest BCUT2D eigenvalue weighted by molar-refractivity contribution is -0.138. The van der Waals surface area contributed by atoms with Gasteiger partial charge < -0.3 is 20.6 Å². The minimum atomic E-state index is -1.08. The molecule has 1 aliphatic rings. The molecule has 1 atom stereocenters. The van der Waals surface area contributed by atoms with Crippen molar-refractivity contribution in [2.45, 2.75) is 24.8 Å². The van der Waals surface area contributed by atoms with Gasteiger partial charge in [-0.25, -0.2) is 4.98 Å². The first-order chi connectivity index (χ1) is 7.68. The van der Waals surface area contributed by atoms with Gasteiger partial charge in [0.05, 0.1) is 0 Å². The normalized spacial score (nSPS) is 19.6. The van der Waals surface area contributed by atoms with Crippen molar-refractivity contribution in [3.8, 4) is 0 Å². The van der Waals surface area contributed by atoms with Crippen LogP contribution in [-0.2, 0) is 9.53 Å². The Balaban J connectivity index is 2.09. The fourth-order valence-corrected chi connectivity index (χ4v) is 1.84. The van der Waals surface area contributed by atoms with Crippen LogP contribution < -0.4 is 5.73 Å². The average Bonchev–Trinajstić information content (AvgIpc) is 2.78. The maximum absolute atomic E-state index is 10.7. The van der Waals surface area contributed by atoms with E-state index in [4.69, 9.17) is 15.6 Å². The molecule has 4 N–H and O–H groups in total. The van der Waals surface area contributed by atoms with Crippen LogP contribution in [0, 0.1) is 0 Å². The first kappa shape index (κ1) is 11.1. The van der Waals surface area contributed by atoms with E-state index in [2.05, 4.69) is 9.97 Å². The molecule has 0 saturated carbocycles. The Bertz CT molecular complexity index is 371. The highest BCUT2D eigenvalue weighted by atomic mass is 16.5. The molecule has 0 bridgehead atoms. The molecule has 2 heterocycles. The maximum Gasteiger partial charge on any atom is 0.328 e. The SMILES string of the molecule is NC(C(=O)O)c1ncc(C2CCOCC2)[nH]1. The van der Waals surface area contributed by atoms with Crippen molar-refractivity contribution in [2.75, 3.05) is 13.2 Å². The molecule has 0 spiro atoms. The Labute approximate surface area is 92.8 Å². The Kier molecular flexibility index (Phi) is 3.21. The molecular weight excluding hydrogens is 210 g/mol. The highest BCUT2D eigenvalue weighted by molar-refractivity contribution is 5.73. The molecule has 6 nitrogen and oxygen atoms in total. The number of aromatic nitrogens is 2. The second kappa shape index (κ2) is 4.63. The number of hydrogen-bond donors (Lipinski definition) is 3. The summed E-state index contributed by atoms with van der Waals surface area (Å²) in [6.45, 7) is 1.48. The van der Waals surface area contributed by atoms with Crippen molar-refractivity contribution in [3.63, 3.8) is 0 Å². The van der Waals surface area contributed by atoms with Gasteiger partial charge in [-0.05, 0) is 12.8 Å². The standard InChI is InChI=1S/C10H15N3O3/c11-8(10(14)15)9-12-5-7(13-9)6-1-3-16-4-2-6/h5-6,8H,1-4,11H2,(H,12,13)(H,14,15). The maximum atomic E-state index is 10.7. The van der Waals surface area contributed by atoms with Crippen LogP contribution in [0.2, 0.25) is 0 Å². The molecule has 1 aromatic rings. The van der Waals surface area contributed by atoms with Crippen LogP contribution in [0.4, 0.5) is 0 Å². The van der Waals surface area contributed by atoms with Gasteiger partial charge in [0.2, 0.25) is 0 Å². The van der Waals surface area contributed by atoms with E-state index in [0.29, 0.717) is 11.7 Å². The van der Waals surface area contributed by atoms with Crippen LogP contribution in [-0.4, -0.2) is 34.3 Å². The number of aromatic amines is 1. The topological polar surface area (TPSA) is 101 Å². The van der Waals surface area contributed by atoms with Crippen molar-refractivity contribution in [3.05, 3.63) is 17.7 Å². The molecule has 2 rings (SSSR count). The smallest absolute Gasteiger partial charge is 0.328 e.